The maximum absolute atomic E-state index is 13.7. The van der Waals surface area contributed by atoms with Gasteiger partial charge < -0.3 is 15.2 Å². The van der Waals surface area contributed by atoms with Gasteiger partial charge in [0.1, 0.15) is 17.5 Å². The molecule has 1 atom stereocenters. The Labute approximate surface area is 136 Å². The highest BCUT2D eigenvalue weighted by Crippen LogP contribution is 2.15. The van der Waals surface area contributed by atoms with Crippen molar-refractivity contribution in [3.8, 4) is 0 Å². The number of carbonyl (C=O) groups is 2. The van der Waals surface area contributed by atoms with Crippen molar-refractivity contribution in [2.75, 3.05) is 0 Å². The molecule has 0 spiro atoms. The van der Waals surface area contributed by atoms with E-state index in [1.807, 2.05) is 22.6 Å². The summed E-state index contributed by atoms with van der Waals surface area (Å²) >= 11 is 2.00. The van der Waals surface area contributed by atoms with Crippen LogP contribution in [-0.2, 0) is 16.0 Å². The second kappa shape index (κ2) is 7.06. The van der Waals surface area contributed by atoms with Crippen molar-refractivity contribution in [1.29, 1.82) is 0 Å². The number of alkyl carbamates (subject to hydrolysis) is 1. The van der Waals surface area contributed by atoms with Crippen molar-refractivity contribution in [1.82, 2.24) is 5.32 Å². The van der Waals surface area contributed by atoms with Gasteiger partial charge in [-0.2, -0.15) is 0 Å². The van der Waals surface area contributed by atoms with E-state index in [0.717, 1.165) is 3.57 Å². The number of carboxylic acids is 1. The van der Waals surface area contributed by atoms with Crippen LogP contribution in [-0.4, -0.2) is 28.8 Å². The van der Waals surface area contributed by atoms with E-state index in [1.165, 1.54) is 6.07 Å². The second-order valence-electron chi connectivity index (χ2n) is 5.48. The number of ether oxygens (including phenoxy) is 1. The molecule has 1 aromatic carbocycles. The first-order valence-corrected chi connectivity index (χ1v) is 7.32. The van der Waals surface area contributed by atoms with Crippen LogP contribution in [0, 0.1) is 9.39 Å². The summed E-state index contributed by atoms with van der Waals surface area (Å²) in [5, 5.41) is 11.4. The van der Waals surface area contributed by atoms with E-state index in [4.69, 9.17) is 9.84 Å². The van der Waals surface area contributed by atoms with Gasteiger partial charge in [0.05, 0.1) is 0 Å². The molecule has 0 saturated carbocycles. The quantitative estimate of drug-likeness (QED) is 0.750. The minimum Gasteiger partial charge on any atom is -0.480 e. The fourth-order valence-corrected chi connectivity index (χ4v) is 2.13. The van der Waals surface area contributed by atoms with Crippen LogP contribution in [0.2, 0.25) is 0 Å². The van der Waals surface area contributed by atoms with Gasteiger partial charge in [0.15, 0.2) is 0 Å². The molecule has 7 heteroatoms. The monoisotopic (exact) mass is 409 g/mol. The summed E-state index contributed by atoms with van der Waals surface area (Å²) in [5.74, 6) is -1.76. The molecule has 1 amide bonds. The summed E-state index contributed by atoms with van der Waals surface area (Å²) in [6, 6.07) is 3.13. The van der Waals surface area contributed by atoms with Gasteiger partial charge in [-0.3, -0.25) is 0 Å². The van der Waals surface area contributed by atoms with Gasteiger partial charge in [0, 0.05) is 9.99 Å². The van der Waals surface area contributed by atoms with Gasteiger partial charge in [0.25, 0.3) is 0 Å². The number of hydrogen-bond donors (Lipinski definition) is 2. The molecule has 0 aliphatic rings. The Morgan fingerprint density at radius 2 is 2.05 bits per heavy atom. The molecule has 1 rings (SSSR count). The molecule has 0 aliphatic heterocycles. The lowest BCUT2D eigenvalue weighted by atomic mass is 10.1. The number of hydrogen-bond acceptors (Lipinski definition) is 3. The molecule has 0 fully saturated rings. The lowest BCUT2D eigenvalue weighted by Gasteiger charge is -2.22. The second-order valence-corrected chi connectivity index (χ2v) is 6.72. The van der Waals surface area contributed by atoms with E-state index in [9.17, 15) is 14.0 Å². The van der Waals surface area contributed by atoms with E-state index in [1.54, 1.807) is 32.9 Å². The topological polar surface area (TPSA) is 75.6 Å². The average Bonchev–Trinajstić information content (AvgIpc) is 2.30. The van der Waals surface area contributed by atoms with Crippen molar-refractivity contribution in [2.24, 2.45) is 0 Å². The van der Waals surface area contributed by atoms with E-state index in [-0.39, 0.29) is 12.0 Å². The maximum Gasteiger partial charge on any atom is 0.408 e. The van der Waals surface area contributed by atoms with E-state index >= 15 is 0 Å². The van der Waals surface area contributed by atoms with Gasteiger partial charge in [-0.25, -0.2) is 14.0 Å². The lowest BCUT2D eigenvalue weighted by Crippen LogP contribution is -2.44. The Hall–Kier alpha value is -1.38. The van der Waals surface area contributed by atoms with Crippen LogP contribution in [0.15, 0.2) is 18.2 Å². The molecule has 1 unspecified atom stereocenters. The SMILES string of the molecule is CC(C)(C)OC(=O)NC(Cc1cc(I)ccc1F)C(=O)O. The molecular formula is C14H17FINO4. The standard InChI is InChI=1S/C14H17FINO4/c1-14(2,3)21-13(20)17-11(12(18)19)7-8-6-9(16)4-5-10(8)15/h4-6,11H,7H2,1-3H3,(H,17,20)(H,18,19). The molecule has 2 N–H and O–H groups in total. The highest BCUT2D eigenvalue weighted by Gasteiger charge is 2.25. The zero-order chi connectivity index (χ0) is 16.2. The van der Waals surface area contributed by atoms with E-state index < -0.39 is 29.5 Å². The predicted octanol–water partition coefficient (Wildman–Crippen LogP) is 2.95. The molecule has 1 aromatic rings. The van der Waals surface area contributed by atoms with E-state index in [0.29, 0.717) is 0 Å². The number of nitrogens with one attached hydrogen (secondary N) is 1. The summed E-state index contributed by atoms with van der Waals surface area (Å²) < 4.78 is 19.4. The van der Waals surface area contributed by atoms with Crippen molar-refractivity contribution in [3.05, 3.63) is 33.1 Å². The largest absolute Gasteiger partial charge is 0.480 e. The molecule has 21 heavy (non-hydrogen) atoms. The zero-order valence-electron chi connectivity index (χ0n) is 11.9. The van der Waals surface area contributed by atoms with Crippen LogP contribution in [0.1, 0.15) is 26.3 Å². The highest BCUT2D eigenvalue weighted by molar-refractivity contribution is 14.1. The molecule has 0 bridgehead atoms. The normalized spacial score (nSPS) is 12.6. The molecule has 0 aromatic heterocycles. The first kappa shape index (κ1) is 17.7. The molecular weight excluding hydrogens is 392 g/mol. The Kier molecular flexibility index (Phi) is 5.94. The third-order valence-corrected chi connectivity index (χ3v) is 3.09. The van der Waals surface area contributed by atoms with Crippen LogP contribution in [0.3, 0.4) is 0 Å². The molecule has 0 heterocycles. The summed E-state index contributed by atoms with van der Waals surface area (Å²) in [5.41, 5.74) is -0.508. The summed E-state index contributed by atoms with van der Waals surface area (Å²) in [7, 11) is 0. The Bertz CT molecular complexity index is 542. The molecule has 0 saturated heterocycles. The smallest absolute Gasteiger partial charge is 0.408 e. The minimum absolute atomic E-state index is 0.156. The molecule has 116 valence electrons. The number of carbonyl (C=O) groups excluding carboxylic acids is 1. The Morgan fingerprint density at radius 3 is 2.57 bits per heavy atom. The highest BCUT2D eigenvalue weighted by atomic mass is 127. The summed E-state index contributed by atoms with van der Waals surface area (Å²) in [4.78, 5) is 22.8. The van der Waals surface area contributed by atoms with Crippen LogP contribution in [0.25, 0.3) is 0 Å². The third-order valence-electron chi connectivity index (χ3n) is 2.42. The predicted molar refractivity (Wildman–Crippen MR) is 83.6 cm³/mol. The van der Waals surface area contributed by atoms with Gasteiger partial charge in [-0.05, 0) is 67.1 Å². The van der Waals surface area contributed by atoms with Gasteiger partial charge in [0.2, 0.25) is 0 Å². The first-order valence-electron chi connectivity index (χ1n) is 6.25. The van der Waals surface area contributed by atoms with Gasteiger partial charge >= 0.3 is 12.1 Å². The summed E-state index contributed by atoms with van der Waals surface area (Å²) in [6.45, 7) is 5.00. The van der Waals surface area contributed by atoms with Crippen LogP contribution in [0.4, 0.5) is 9.18 Å². The minimum atomic E-state index is -1.26. The zero-order valence-corrected chi connectivity index (χ0v) is 14.1. The number of aliphatic carboxylic acids is 1. The van der Waals surface area contributed by atoms with Crippen molar-refractivity contribution in [2.45, 2.75) is 38.8 Å². The number of carboxylic acid groups (broad SMARTS) is 1. The molecule has 5 nitrogen and oxygen atoms in total. The number of benzene rings is 1. The van der Waals surface area contributed by atoms with Crippen LogP contribution in [0.5, 0.6) is 0 Å². The molecule has 0 radical (unpaired) electrons. The average molecular weight is 409 g/mol. The number of amides is 1. The van der Waals surface area contributed by atoms with Crippen molar-refractivity contribution in [3.63, 3.8) is 0 Å². The fourth-order valence-electron chi connectivity index (χ4n) is 1.57. The van der Waals surface area contributed by atoms with Gasteiger partial charge in [-0.15, -0.1) is 0 Å². The van der Waals surface area contributed by atoms with Crippen LogP contribution >= 0.6 is 22.6 Å². The molecule has 0 aliphatic carbocycles. The number of halogens is 2. The fraction of sp³-hybridized carbons (Fsp3) is 0.429. The number of rotatable bonds is 4. The van der Waals surface area contributed by atoms with Crippen LogP contribution < -0.4 is 5.32 Å². The lowest BCUT2D eigenvalue weighted by molar-refractivity contribution is -0.139. The Morgan fingerprint density at radius 1 is 1.43 bits per heavy atom. The van der Waals surface area contributed by atoms with Crippen molar-refractivity contribution < 1.29 is 23.8 Å². The summed E-state index contributed by atoms with van der Waals surface area (Å²) in [6.07, 6.45) is -1.00. The van der Waals surface area contributed by atoms with E-state index in [2.05, 4.69) is 5.32 Å². The third kappa shape index (κ3) is 6.28. The van der Waals surface area contributed by atoms with Crippen molar-refractivity contribution >= 4 is 34.7 Å². The Balaban J connectivity index is 2.81. The first-order chi connectivity index (χ1) is 9.58. The van der Waals surface area contributed by atoms with Gasteiger partial charge in [-0.1, -0.05) is 0 Å². The maximum atomic E-state index is 13.7.